The summed E-state index contributed by atoms with van der Waals surface area (Å²) in [6.07, 6.45) is 0. The summed E-state index contributed by atoms with van der Waals surface area (Å²) in [5.74, 6) is -0.210. The Balaban J connectivity index is 2.24. The summed E-state index contributed by atoms with van der Waals surface area (Å²) < 4.78 is 0.638. The van der Waals surface area contributed by atoms with E-state index in [1.54, 1.807) is 25.1 Å². The van der Waals surface area contributed by atoms with Crippen molar-refractivity contribution in [3.05, 3.63) is 43.8 Å². The number of rotatable bonds is 3. The summed E-state index contributed by atoms with van der Waals surface area (Å²) in [5, 5.41) is 15.2. The summed E-state index contributed by atoms with van der Waals surface area (Å²) >= 11 is 4.70. The van der Waals surface area contributed by atoms with Gasteiger partial charge in [0.1, 0.15) is 4.88 Å². The summed E-state index contributed by atoms with van der Waals surface area (Å²) in [5.41, 5.74) is 7.37. The predicted octanol–water partition coefficient (Wildman–Crippen LogP) is 2.87. The summed E-state index contributed by atoms with van der Waals surface area (Å²) in [6, 6.07) is 4.99. The summed E-state index contributed by atoms with van der Waals surface area (Å²) in [6.45, 7) is 3.66. The minimum absolute atomic E-state index is 0.00232. The second-order valence-electron chi connectivity index (χ2n) is 4.28. The smallest absolute Gasteiger partial charge is 0.267 e. The maximum Gasteiger partial charge on any atom is 0.267 e. The first-order chi connectivity index (χ1) is 9.92. The van der Waals surface area contributed by atoms with Crippen molar-refractivity contribution in [3.63, 3.8) is 0 Å². The van der Waals surface area contributed by atoms with Crippen LogP contribution >= 0.6 is 27.3 Å². The Kier molecular flexibility index (Phi) is 4.59. The molecule has 0 fully saturated rings. The van der Waals surface area contributed by atoms with E-state index in [0.717, 1.165) is 5.01 Å². The molecule has 1 amide bonds. The standard InChI is InChI=1S/C13H13BrN4O2S/c1-6-11(21-7(2)16-6)13(19)17-10-4-3-8(5-9(10)14)12(15)18-20/h3-5,20H,1-2H3,(H2,15,18)(H,17,19). The molecule has 21 heavy (non-hydrogen) atoms. The van der Waals surface area contributed by atoms with Crippen LogP contribution in [-0.4, -0.2) is 21.9 Å². The Morgan fingerprint density at radius 3 is 2.71 bits per heavy atom. The topological polar surface area (TPSA) is 101 Å². The van der Waals surface area contributed by atoms with Gasteiger partial charge in [0.2, 0.25) is 0 Å². The molecule has 1 aromatic carbocycles. The molecule has 6 nitrogen and oxygen atoms in total. The van der Waals surface area contributed by atoms with Gasteiger partial charge in [0, 0.05) is 10.0 Å². The van der Waals surface area contributed by atoms with Crippen molar-refractivity contribution < 1.29 is 10.0 Å². The van der Waals surface area contributed by atoms with Gasteiger partial charge in [-0.25, -0.2) is 4.98 Å². The molecule has 8 heteroatoms. The highest BCUT2D eigenvalue weighted by molar-refractivity contribution is 9.10. The number of nitrogens with zero attached hydrogens (tertiary/aromatic N) is 2. The fourth-order valence-electron chi connectivity index (χ4n) is 1.75. The van der Waals surface area contributed by atoms with Gasteiger partial charge in [0.25, 0.3) is 5.91 Å². The lowest BCUT2D eigenvalue weighted by Gasteiger charge is -2.08. The van der Waals surface area contributed by atoms with Gasteiger partial charge >= 0.3 is 0 Å². The first-order valence-corrected chi connectivity index (χ1v) is 7.56. The molecule has 4 N–H and O–H groups in total. The lowest BCUT2D eigenvalue weighted by atomic mass is 10.2. The van der Waals surface area contributed by atoms with Crippen molar-refractivity contribution >= 4 is 44.7 Å². The van der Waals surface area contributed by atoms with Crippen LogP contribution in [0.4, 0.5) is 5.69 Å². The highest BCUT2D eigenvalue weighted by Gasteiger charge is 2.15. The van der Waals surface area contributed by atoms with Crippen LogP contribution < -0.4 is 11.1 Å². The number of thiazole rings is 1. The van der Waals surface area contributed by atoms with Gasteiger partial charge in [-0.05, 0) is 48.0 Å². The van der Waals surface area contributed by atoms with E-state index in [4.69, 9.17) is 10.9 Å². The van der Waals surface area contributed by atoms with Crippen LogP contribution in [0.15, 0.2) is 27.8 Å². The number of carbonyl (C=O) groups is 1. The minimum atomic E-state index is -0.213. The second kappa shape index (κ2) is 6.23. The van der Waals surface area contributed by atoms with Gasteiger partial charge < -0.3 is 16.3 Å². The second-order valence-corrected chi connectivity index (χ2v) is 6.34. The number of halogens is 1. The van der Waals surface area contributed by atoms with E-state index < -0.39 is 0 Å². The molecule has 2 aromatic rings. The number of anilines is 1. The van der Waals surface area contributed by atoms with Crippen LogP contribution in [0.2, 0.25) is 0 Å². The van der Waals surface area contributed by atoms with E-state index in [2.05, 4.69) is 31.4 Å². The van der Waals surface area contributed by atoms with Gasteiger partial charge in [-0.2, -0.15) is 0 Å². The largest absolute Gasteiger partial charge is 0.409 e. The lowest BCUT2D eigenvalue weighted by Crippen LogP contribution is -2.15. The van der Waals surface area contributed by atoms with Crippen LogP contribution in [-0.2, 0) is 0 Å². The zero-order chi connectivity index (χ0) is 15.6. The Morgan fingerprint density at radius 2 is 2.19 bits per heavy atom. The van der Waals surface area contributed by atoms with E-state index in [0.29, 0.717) is 26.3 Å². The molecule has 0 aliphatic heterocycles. The molecule has 1 aromatic heterocycles. The van der Waals surface area contributed by atoms with Crippen molar-refractivity contribution in [1.29, 1.82) is 0 Å². The number of nitrogens with one attached hydrogen (secondary N) is 1. The number of oxime groups is 1. The molecule has 2 rings (SSSR count). The zero-order valence-corrected chi connectivity index (χ0v) is 13.7. The Labute approximate surface area is 133 Å². The van der Waals surface area contributed by atoms with E-state index in [9.17, 15) is 4.79 Å². The van der Waals surface area contributed by atoms with Crippen LogP contribution in [0.25, 0.3) is 0 Å². The van der Waals surface area contributed by atoms with Crippen molar-refractivity contribution in [3.8, 4) is 0 Å². The molecule has 0 radical (unpaired) electrons. The Hall–Kier alpha value is -1.93. The van der Waals surface area contributed by atoms with Crippen LogP contribution in [0.3, 0.4) is 0 Å². The minimum Gasteiger partial charge on any atom is -0.409 e. The number of carbonyl (C=O) groups excluding carboxylic acids is 1. The number of hydrogen-bond donors (Lipinski definition) is 3. The number of hydrogen-bond acceptors (Lipinski definition) is 5. The van der Waals surface area contributed by atoms with Crippen LogP contribution in [0, 0.1) is 13.8 Å². The van der Waals surface area contributed by atoms with Gasteiger partial charge in [-0.3, -0.25) is 4.79 Å². The molecular weight excluding hydrogens is 356 g/mol. The third kappa shape index (κ3) is 3.40. The molecule has 0 saturated carbocycles. The molecule has 0 atom stereocenters. The molecule has 0 unspecified atom stereocenters. The first-order valence-electron chi connectivity index (χ1n) is 5.95. The molecule has 0 bridgehead atoms. The van der Waals surface area contributed by atoms with Gasteiger partial charge in [0.05, 0.1) is 16.4 Å². The van der Waals surface area contributed by atoms with E-state index in [-0.39, 0.29) is 11.7 Å². The number of nitrogens with two attached hydrogens (primary N) is 1. The number of amidine groups is 1. The molecule has 110 valence electrons. The van der Waals surface area contributed by atoms with Crippen molar-refractivity contribution in [1.82, 2.24) is 4.98 Å². The first kappa shape index (κ1) is 15.5. The maximum atomic E-state index is 12.2. The van der Waals surface area contributed by atoms with Gasteiger partial charge in [-0.15, -0.1) is 11.3 Å². The molecule has 1 heterocycles. The highest BCUT2D eigenvalue weighted by Crippen LogP contribution is 2.25. The van der Waals surface area contributed by atoms with E-state index in [1.807, 2.05) is 6.92 Å². The number of aryl methyl sites for hydroxylation is 2. The number of aromatic nitrogens is 1. The lowest BCUT2D eigenvalue weighted by molar-refractivity contribution is 0.102. The average Bonchev–Trinajstić information content (AvgIpc) is 2.79. The van der Waals surface area contributed by atoms with Gasteiger partial charge in [-0.1, -0.05) is 5.16 Å². The molecule has 0 aliphatic carbocycles. The van der Waals surface area contributed by atoms with Crippen LogP contribution in [0.1, 0.15) is 25.9 Å². The molecule has 0 aliphatic rings. The number of amides is 1. The highest BCUT2D eigenvalue weighted by atomic mass is 79.9. The number of benzene rings is 1. The average molecular weight is 369 g/mol. The van der Waals surface area contributed by atoms with E-state index in [1.165, 1.54) is 11.3 Å². The maximum absolute atomic E-state index is 12.2. The Bertz CT molecular complexity index is 727. The zero-order valence-electron chi connectivity index (χ0n) is 11.3. The predicted molar refractivity (Wildman–Crippen MR) is 86.2 cm³/mol. The third-order valence-corrected chi connectivity index (χ3v) is 4.46. The normalized spacial score (nSPS) is 11.5. The van der Waals surface area contributed by atoms with Crippen LogP contribution in [0.5, 0.6) is 0 Å². The fourth-order valence-corrected chi connectivity index (χ4v) is 3.05. The van der Waals surface area contributed by atoms with Crippen molar-refractivity contribution in [2.45, 2.75) is 13.8 Å². The SMILES string of the molecule is Cc1nc(C)c(C(=O)Nc2ccc(/C(N)=N/O)cc2Br)s1. The van der Waals surface area contributed by atoms with Gasteiger partial charge in [0.15, 0.2) is 5.84 Å². The monoisotopic (exact) mass is 368 g/mol. The summed E-state index contributed by atoms with van der Waals surface area (Å²) in [7, 11) is 0. The summed E-state index contributed by atoms with van der Waals surface area (Å²) in [4.78, 5) is 17.0. The fraction of sp³-hybridized carbons (Fsp3) is 0.154. The molecule has 0 spiro atoms. The molecule has 0 saturated heterocycles. The third-order valence-electron chi connectivity index (χ3n) is 2.73. The van der Waals surface area contributed by atoms with Crippen molar-refractivity contribution in [2.75, 3.05) is 5.32 Å². The molecular formula is C13H13BrN4O2S. The van der Waals surface area contributed by atoms with Crippen molar-refractivity contribution in [2.24, 2.45) is 10.9 Å². The quantitative estimate of drug-likeness (QED) is 0.335. The van der Waals surface area contributed by atoms with E-state index >= 15 is 0 Å². The Morgan fingerprint density at radius 1 is 1.48 bits per heavy atom.